The normalized spacial score (nSPS) is 17.7. The fraction of sp³-hybridized carbons (Fsp3) is 0.412. The predicted octanol–water partition coefficient (Wildman–Crippen LogP) is 4.60. The predicted molar refractivity (Wildman–Crippen MR) is 86.8 cm³/mol. The molecule has 0 radical (unpaired) electrons. The summed E-state index contributed by atoms with van der Waals surface area (Å²) in [6.07, 6.45) is 5.17. The Kier molecular flexibility index (Phi) is 3.98. The third-order valence-corrected chi connectivity index (χ3v) is 4.82. The Bertz CT molecular complexity index is 711. The van der Waals surface area contributed by atoms with Gasteiger partial charge in [-0.25, -0.2) is 4.79 Å². The monoisotopic (exact) mass is 347 g/mol. The Hall–Kier alpha value is -1.42. The van der Waals surface area contributed by atoms with Gasteiger partial charge < -0.3 is 5.11 Å². The average molecular weight is 348 g/mol. The number of aryl methyl sites for hydroxylation is 1. The summed E-state index contributed by atoms with van der Waals surface area (Å²) in [4.78, 5) is 16.5. The van der Waals surface area contributed by atoms with E-state index >= 15 is 0 Å². The van der Waals surface area contributed by atoms with Crippen molar-refractivity contribution in [1.29, 1.82) is 0 Å². The zero-order valence-electron chi connectivity index (χ0n) is 12.0. The molecule has 1 heterocycles. The van der Waals surface area contributed by atoms with Crippen LogP contribution in [0.15, 0.2) is 22.7 Å². The largest absolute Gasteiger partial charge is 0.478 e. The molecule has 3 rings (SSSR count). The summed E-state index contributed by atoms with van der Waals surface area (Å²) in [5.74, 6) is -0.249. The highest BCUT2D eigenvalue weighted by Crippen LogP contribution is 2.34. The van der Waals surface area contributed by atoms with Crippen LogP contribution < -0.4 is 0 Å². The molecule has 0 fully saturated rings. The van der Waals surface area contributed by atoms with Gasteiger partial charge in [-0.3, -0.25) is 4.98 Å². The highest BCUT2D eigenvalue weighted by molar-refractivity contribution is 9.10. The quantitative estimate of drug-likeness (QED) is 0.882. The lowest BCUT2D eigenvalue weighted by molar-refractivity contribution is 0.0697. The molecule has 1 aromatic heterocycles. The van der Waals surface area contributed by atoms with Crippen LogP contribution in [0.1, 0.15) is 47.8 Å². The second kappa shape index (κ2) is 5.76. The van der Waals surface area contributed by atoms with Gasteiger partial charge in [0.15, 0.2) is 0 Å². The van der Waals surface area contributed by atoms with E-state index in [9.17, 15) is 9.90 Å². The topological polar surface area (TPSA) is 50.2 Å². The van der Waals surface area contributed by atoms with E-state index in [0.29, 0.717) is 11.5 Å². The fourth-order valence-electron chi connectivity index (χ4n) is 3.38. The summed E-state index contributed by atoms with van der Waals surface area (Å²) in [5.41, 5.74) is 3.17. The van der Waals surface area contributed by atoms with Crippen LogP contribution in [-0.2, 0) is 12.8 Å². The number of hydrogen-bond donors (Lipinski definition) is 1. The second-order valence-corrected chi connectivity index (χ2v) is 6.69. The summed E-state index contributed by atoms with van der Waals surface area (Å²) in [7, 11) is 0. The summed E-state index contributed by atoms with van der Waals surface area (Å²) < 4.78 is 0.889. The third-order valence-electron chi connectivity index (χ3n) is 4.33. The van der Waals surface area contributed by atoms with Crippen molar-refractivity contribution in [3.8, 4) is 0 Å². The molecular formula is C17H18BrNO2. The standard InChI is InChI=1S/C17H18BrNO2/c1-2-3-10-4-6-14-12(8-10)16(17(20)21)13-9-11(18)5-7-15(13)19-14/h5,7,9-10H,2-4,6,8H2,1H3,(H,20,21). The Morgan fingerprint density at radius 2 is 2.29 bits per heavy atom. The molecule has 0 bridgehead atoms. The molecule has 0 aliphatic heterocycles. The molecule has 1 N–H and O–H groups in total. The van der Waals surface area contributed by atoms with Crippen LogP contribution in [0, 0.1) is 5.92 Å². The van der Waals surface area contributed by atoms with Crippen molar-refractivity contribution in [3.63, 3.8) is 0 Å². The second-order valence-electron chi connectivity index (χ2n) is 5.78. The molecule has 2 aromatic rings. The lowest BCUT2D eigenvalue weighted by Crippen LogP contribution is -2.19. The van der Waals surface area contributed by atoms with E-state index in [1.54, 1.807) is 0 Å². The number of hydrogen-bond acceptors (Lipinski definition) is 2. The minimum Gasteiger partial charge on any atom is -0.478 e. The van der Waals surface area contributed by atoms with Crippen LogP contribution in [0.3, 0.4) is 0 Å². The Labute approximate surface area is 132 Å². The minimum absolute atomic E-state index is 0.456. The molecule has 110 valence electrons. The zero-order chi connectivity index (χ0) is 15.0. The maximum absolute atomic E-state index is 11.8. The van der Waals surface area contributed by atoms with Crippen LogP contribution in [-0.4, -0.2) is 16.1 Å². The molecule has 0 spiro atoms. The Morgan fingerprint density at radius 3 is 3.00 bits per heavy atom. The van der Waals surface area contributed by atoms with E-state index in [4.69, 9.17) is 4.98 Å². The third kappa shape index (κ3) is 2.69. The zero-order valence-corrected chi connectivity index (χ0v) is 13.6. The molecule has 3 nitrogen and oxygen atoms in total. The summed E-state index contributed by atoms with van der Waals surface area (Å²) >= 11 is 3.43. The molecular weight excluding hydrogens is 330 g/mol. The van der Waals surface area contributed by atoms with Crippen molar-refractivity contribution in [1.82, 2.24) is 4.98 Å². The fourth-order valence-corrected chi connectivity index (χ4v) is 3.74. The molecule has 0 amide bonds. The number of pyridine rings is 1. The number of fused-ring (bicyclic) bond motifs is 2. The summed E-state index contributed by atoms with van der Waals surface area (Å²) in [6.45, 7) is 2.18. The number of nitrogens with zero attached hydrogens (tertiary/aromatic N) is 1. The highest BCUT2D eigenvalue weighted by atomic mass is 79.9. The van der Waals surface area contributed by atoms with Crippen molar-refractivity contribution in [3.05, 3.63) is 39.5 Å². The van der Waals surface area contributed by atoms with Gasteiger partial charge in [0, 0.05) is 15.6 Å². The number of rotatable bonds is 3. The average Bonchev–Trinajstić information content (AvgIpc) is 2.45. The lowest BCUT2D eigenvalue weighted by Gasteiger charge is -2.25. The van der Waals surface area contributed by atoms with Crippen molar-refractivity contribution in [2.45, 2.75) is 39.0 Å². The highest BCUT2D eigenvalue weighted by Gasteiger charge is 2.26. The lowest BCUT2D eigenvalue weighted by atomic mass is 9.81. The van der Waals surface area contributed by atoms with Gasteiger partial charge in [0.25, 0.3) is 0 Å². The number of aromatic nitrogens is 1. The molecule has 4 heteroatoms. The number of benzene rings is 1. The molecule has 0 saturated heterocycles. The number of carbonyl (C=O) groups is 1. The van der Waals surface area contributed by atoms with E-state index in [1.165, 1.54) is 0 Å². The van der Waals surface area contributed by atoms with Crippen LogP contribution >= 0.6 is 15.9 Å². The van der Waals surface area contributed by atoms with Crippen molar-refractivity contribution in [2.24, 2.45) is 5.92 Å². The van der Waals surface area contributed by atoms with Gasteiger partial charge in [-0.1, -0.05) is 35.7 Å². The first-order chi connectivity index (χ1) is 10.1. The molecule has 1 aliphatic rings. The Balaban J connectivity index is 2.21. The first-order valence-corrected chi connectivity index (χ1v) is 8.23. The maximum atomic E-state index is 11.8. The van der Waals surface area contributed by atoms with E-state index in [0.717, 1.165) is 58.7 Å². The number of carboxylic acid groups (broad SMARTS) is 1. The Morgan fingerprint density at radius 1 is 1.48 bits per heavy atom. The van der Waals surface area contributed by atoms with Crippen LogP contribution in [0.4, 0.5) is 0 Å². The van der Waals surface area contributed by atoms with Crippen molar-refractivity contribution in [2.75, 3.05) is 0 Å². The molecule has 21 heavy (non-hydrogen) atoms. The van der Waals surface area contributed by atoms with Crippen molar-refractivity contribution < 1.29 is 9.90 Å². The summed E-state index contributed by atoms with van der Waals surface area (Å²) in [6, 6.07) is 5.68. The number of aromatic carboxylic acids is 1. The first kappa shape index (κ1) is 14.5. The van der Waals surface area contributed by atoms with Gasteiger partial charge in [-0.15, -0.1) is 0 Å². The van der Waals surface area contributed by atoms with Crippen LogP contribution in [0.25, 0.3) is 10.9 Å². The molecule has 1 aliphatic carbocycles. The van der Waals surface area contributed by atoms with E-state index in [-0.39, 0.29) is 0 Å². The first-order valence-electron chi connectivity index (χ1n) is 7.44. The number of carboxylic acids is 1. The van der Waals surface area contributed by atoms with Gasteiger partial charge in [0.2, 0.25) is 0 Å². The minimum atomic E-state index is -0.839. The smallest absolute Gasteiger partial charge is 0.336 e. The van der Waals surface area contributed by atoms with Crippen LogP contribution in [0.5, 0.6) is 0 Å². The summed E-state index contributed by atoms with van der Waals surface area (Å²) in [5, 5.41) is 10.4. The van der Waals surface area contributed by atoms with Gasteiger partial charge in [0.1, 0.15) is 0 Å². The number of halogens is 1. The van der Waals surface area contributed by atoms with E-state index in [2.05, 4.69) is 22.9 Å². The molecule has 1 atom stereocenters. The van der Waals surface area contributed by atoms with Crippen molar-refractivity contribution >= 4 is 32.8 Å². The molecule has 0 saturated carbocycles. The van der Waals surface area contributed by atoms with E-state index < -0.39 is 5.97 Å². The van der Waals surface area contributed by atoms with Gasteiger partial charge in [-0.2, -0.15) is 0 Å². The van der Waals surface area contributed by atoms with Gasteiger partial charge >= 0.3 is 5.97 Å². The maximum Gasteiger partial charge on any atom is 0.336 e. The van der Waals surface area contributed by atoms with Crippen LogP contribution in [0.2, 0.25) is 0 Å². The van der Waals surface area contributed by atoms with Gasteiger partial charge in [0.05, 0.1) is 11.1 Å². The van der Waals surface area contributed by atoms with E-state index in [1.807, 2.05) is 18.2 Å². The molecule has 1 aromatic carbocycles. The molecule has 1 unspecified atom stereocenters. The van der Waals surface area contributed by atoms with Gasteiger partial charge in [-0.05, 0) is 48.9 Å². The SMILES string of the molecule is CCCC1CCc2nc3ccc(Br)cc3c(C(=O)O)c2C1.